The predicted molar refractivity (Wildman–Crippen MR) is 105 cm³/mol. The lowest BCUT2D eigenvalue weighted by molar-refractivity contribution is -0.149. The Morgan fingerprint density at radius 1 is 1.40 bits per heavy atom. The standard InChI is InChI=1S/C22H28O8/c1-6-14(10-23)21(26)29-17-9-22(5)18(30-22)8-15(27-13(4)24)11(2)7-16-19(17)12(3)20(25)28-16/h6-7,15-19,23H,3,8-10H2,1-2,4-5H3/b11-7-,14-6+/t15-,16+,17-,18+,19+,22-/m1/s1. The molecule has 164 valence electrons. The van der Waals surface area contributed by atoms with Gasteiger partial charge in [-0.1, -0.05) is 12.7 Å². The van der Waals surface area contributed by atoms with Crippen LogP contribution in [-0.2, 0) is 33.3 Å². The van der Waals surface area contributed by atoms with E-state index in [9.17, 15) is 19.5 Å². The van der Waals surface area contributed by atoms with Gasteiger partial charge in [0.25, 0.3) is 0 Å². The van der Waals surface area contributed by atoms with Gasteiger partial charge in [0, 0.05) is 25.3 Å². The number of aliphatic hydroxyl groups is 1. The molecule has 8 heteroatoms. The molecular formula is C22H28O8. The van der Waals surface area contributed by atoms with Gasteiger partial charge >= 0.3 is 17.9 Å². The Labute approximate surface area is 175 Å². The second kappa shape index (κ2) is 8.35. The first-order chi connectivity index (χ1) is 14.1. The fraction of sp³-hybridized carbons (Fsp3) is 0.591. The van der Waals surface area contributed by atoms with Gasteiger partial charge in [-0.3, -0.25) is 4.79 Å². The topological polar surface area (TPSA) is 112 Å². The van der Waals surface area contributed by atoms with Gasteiger partial charge in [-0.2, -0.15) is 0 Å². The summed E-state index contributed by atoms with van der Waals surface area (Å²) in [6.45, 7) is 10.1. The van der Waals surface area contributed by atoms with Crippen molar-refractivity contribution in [3.05, 3.63) is 35.5 Å². The Balaban J connectivity index is 1.98. The van der Waals surface area contributed by atoms with Gasteiger partial charge in [-0.15, -0.1) is 0 Å². The molecule has 2 heterocycles. The minimum Gasteiger partial charge on any atom is -0.458 e. The predicted octanol–water partition coefficient (Wildman–Crippen LogP) is 1.76. The molecule has 0 aromatic carbocycles. The summed E-state index contributed by atoms with van der Waals surface area (Å²) in [5.41, 5.74) is 0.432. The van der Waals surface area contributed by atoms with Crippen molar-refractivity contribution >= 4 is 17.9 Å². The summed E-state index contributed by atoms with van der Waals surface area (Å²) < 4.78 is 22.6. The molecule has 0 unspecified atom stereocenters. The molecule has 0 amide bonds. The van der Waals surface area contributed by atoms with E-state index in [1.165, 1.54) is 13.0 Å². The van der Waals surface area contributed by atoms with Crippen molar-refractivity contribution in [3.8, 4) is 0 Å². The number of carbonyl (C=O) groups excluding carboxylic acids is 3. The first kappa shape index (κ1) is 22.2. The Morgan fingerprint density at radius 2 is 2.10 bits per heavy atom. The van der Waals surface area contributed by atoms with Gasteiger partial charge in [0.1, 0.15) is 18.3 Å². The van der Waals surface area contributed by atoms with E-state index in [0.717, 1.165) is 5.57 Å². The zero-order valence-corrected chi connectivity index (χ0v) is 17.7. The van der Waals surface area contributed by atoms with Gasteiger partial charge in [-0.25, -0.2) is 9.59 Å². The number of aliphatic hydroxyl groups excluding tert-OH is 1. The fourth-order valence-electron chi connectivity index (χ4n) is 4.16. The van der Waals surface area contributed by atoms with Crippen LogP contribution in [0.5, 0.6) is 0 Å². The molecule has 6 atom stereocenters. The maximum absolute atomic E-state index is 12.5. The van der Waals surface area contributed by atoms with Crippen LogP contribution >= 0.6 is 0 Å². The summed E-state index contributed by atoms with van der Waals surface area (Å²) in [6.07, 6.45) is 1.79. The maximum atomic E-state index is 12.5. The summed E-state index contributed by atoms with van der Waals surface area (Å²) in [4.78, 5) is 36.4. The van der Waals surface area contributed by atoms with E-state index in [2.05, 4.69) is 6.58 Å². The number of ether oxygens (including phenoxy) is 4. The maximum Gasteiger partial charge on any atom is 0.336 e. The van der Waals surface area contributed by atoms with Crippen LogP contribution in [0.15, 0.2) is 35.5 Å². The highest BCUT2D eigenvalue weighted by atomic mass is 16.6. The largest absolute Gasteiger partial charge is 0.458 e. The second-order valence-electron chi connectivity index (χ2n) is 8.20. The molecule has 0 aromatic rings. The molecule has 3 rings (SSSR count). The Morgan fingerprint density at radius 3 is 2.70 bits per heavy atom. The molecule has 2 fully saturated rings. The molecule has 0 radical (unpaired) electrons. The van der Waals surface area contributed by atoms with E-state index in [1.807, 2.05) is 6.92 Å². The number of allylic oxidation sites excluding steroid dienone is 1. The third kappa shape index (κ3) is 4.34. The zero-order chi connectivity index (χ0) is 22.2. The van der Waals surface area contributed by atoms with Crippen LogP contribution in [0.1, 0.15) is 40.5 Å². The van der Waals surface area contributed by atoms with Crippen LogP contribution in [0.2, 0.25) is 0 Å². The summed E-state index contributed by atoms with van der Waals surface area (Å²) in [5, 5.41) is 9.40. The Hall–Kier alpha value is -2.45. The van der Waals surface area contributed by atoms with Crippen LogP contribution in [0.4, 0.5) is 0 Å². The van der Waals surface area contributed by atoms with Crippen LogP contribution < -0.4 is 0 Å². The minimum absolute atomic E-state index is 0.125. The van der Waals surface area contributed by atoms with Crippen molar-refractivity contribution in [2.75, 3.05) is 6.61 Å². The Kier molecular flexibility index (Phi) is 6.19. The van der Waals surface area contributed by atoms with Gasteiger partial charge in [0.2, 0.25) is 0 Å². The van der Waals surface area contributed by atoms with Gasteiger partial charge in [0.05, 0.1) is 29.8 Å². The van der Waals surface area contributed by atoms with E-state index in [1.54, 1.807) is 19.9 Å². The lowest BCUT2D eigenvalue weighted by atomic mass is 9.82. The molecule has 0 aromatic heterocycles. The van der Waals surface area contributed by atoms with E-state index < -0.39 is 54.3 Å². The molecule has 0 spiro atoms. The quantitative estimate of drug-likeness (QED) is 0.241. The van der Waals surface area contributed by atoms with Crippen molar-refractivity contribution in [3.63, 3.8) is 0 Å². The van der Waals surface area contributed by atoms with E-state index in [4.69, 9.17) is 18.9 Å². The molecule has 2 aliphatic heterocycles. The highest BCUT2D eigenvalue weighted by molar-refractivity contribution is 5.92. The molecule has 3 aliphatic rings. The average molecular weight is 420 g/mol. The molecule has 30 heavy (non-hydrogen) atoms. The summed E-state index contributed by atoms with van der Waals surface area (Å²) in [6, 6.07) is 0. The number of epoxide rings is 1. The number of hydrogen-bond acceptors (Lipinski definition) is 8. The van der Waals surface area contributed by atoms with E-state index >= 15 is 0 Å². The van der Waals surface area contributed by atoms with Crippen molar-refractivity contribution in [1.82, 2.24) is 0 Å². The molecule has 0 bridgehead atoms. The SMILES string of the molecule is C=C1C(=O)O[C@H]2/C=C(/C)[C@H](OC(C)=O)C[C@@H]3O[C@]3(C)C[C@@H](OC(=O)/C(=C/C)CO)[C@@H]12. The van der Waals surface area contributed by atoms with E-state index in [-0.39, 0.29) is 17.3 Å². The zero-order valence-electron chi connectivity index (χ0n) is 17.7. The average Bonchev–Trinajstić information content (AvgIpc) is 3.19. The van der Waals surface area contributed by atoms with Crippen molar-refractivity contribution in [2.45, 2.75) is 70.6 Å². The van der Waals surface area contributed by atoms with Gasteiger partial charge in [0.15, 0.2) is 0 Å². The molecule has 8 nitrogen and oxygen atoms in total. The minimum atomic E-state index is -0.743. The molecule has 1 aliphatic carbocycles. The molecule has 0 saturated carbocycles. The Bertz CT molecular complexity index is 825. The third-order valence-electron chi connectivity index (χ3n) is 6.01. The summed E-state index contributed by atoms with van der Waals surface area (Å²) >= 11 is 0. The summed E-state index contributed by atoms with van der Waals surface area (Å²) in [5.74, 6) is -2.25. The van der Waals surface area contributed by atoms with Crippen molar-refractivity contribution in [2.24, 2.45) is 5.92 Å². The number of hydrogen-bond donors (Lipinski definition) is 1. The number of carbonyl (C=O) groups is 3. The molecule has 1 N–H and O–H groups in total. The third-order valence-corrected chi connectivity index (χ3v) is 6.01. The first-order valence-corrected chi connectivity index (χ1v) is 9.99. The van der Waals surface area contributed by atoms with Gasteiger partial charge in [-0.05, 0) is 32.4 Å². The lowest BCUT2D eigenvalue weighted by Crippen LogP contribution is -2.38. The highest BCUT2D eigenvalue weighted by Gasteiger charge is 2.58. The fourth-order valence-corrected chi connectivity index (χ4v) is 4.16. The van der Waals surface area contributed by atoms with E-state index in [0.29, 0.717) is 12.8 Å². The first-order valence-electron chi connectivity index (χ1n) is 9.99. The van der Waals surface area contributed by atoms with Crippen molar-refractivity contribution < 1.29 is 38.4 Å². The van der Waals surface area contributed by atoms with Crippen LogP contribution in [0.3, 0.4) is 0 Å². The monoisotopic (exact) mass is 420 g/mol. The van der Waals surface area contributed by atoms with Crippen LogP contribution in [0.25, 0.3) is 0 Å². The number of fused-ring (bicyclic) bond motifs is 2. The molecule has 2 saturated heterocycles. The smallest absolute Gasteiger partial charge is 0.336 e. The van der Waals surface area contributed by atoms with Crippen LogP contribution in [0, 0.1) is 5.92 Å². The van der Waals surface area contributed by atoms with Crippen molar-refractivity contribution in [1.29, 1.82) is 0 Å². The second-order valence-corrected chi connectivity index (χ2v) is 8.20. The normalized spacial score (nSPS) is 37.8. The number of esters is 3. The highest BCUT2D eigenvalue weighted by Crippen LogP contribution is 2.48. The lowest BCUT2D eigenvalue weighted by Gasteiger charge is -2.29. The number of rotatable bonds is 4. The summed E-state index contributed by atoms with van der Waals surface area (Å²) in [7, 11) is 0. The van der Waals surface area contributed by atoms with Gasteiger partial charge < -0.3 is 24.1 Å². The molecular weight excluding hydrogens is 392 g/mol. The van der Waals surface area contributed by atoms with Crippen LogP contribution in [-0.4, -0.2) is 59.6 Å².